The van der Waals surface area contributed by atoms with Crippen LogP contribution >= 0.6 is 0 Å². The van der Waals surface area contributed by atoms with Gasteiger partial charge in [-0.25, -0.2) is 18.2 Å². The Hall–Kier alpha value is -2.16. The molecule has 1 unspecified atom stereocenters. The monoisotopic (exact) mass is 380 g/mol. The van der Waals surface area contributed by atoms with Crippen molar-refractivity contribution in [1.29, 1.82) is 0 Å². The molecule has 1 atom stereocenters. The smallest absolute Gasteiger partial charge is 0.327 e. The molecule has 1 amide bonds. The molecule has 0 bridgehead atoms. The van der Waals surface area contributed by atoms with Crippen LogP contribution in [0.4, 0.5) is 0 Å². The fourth-order valence-electron chi connectivity index (χ4n) is 3.11. The van der Waals surface area contributed by atoms with Gasteiger partial charge in [-0.15, -0.1) is 0 Å². The number of carbonyl (C=O) groups is 2. The lowest BCUT2D eigenvalue weighted by Crippen LogP contribution is -2.42. The van der Waals surface area contributed by atoms with Gasteiger partial charge in [0.2, 0.25) is 5.88 Å². The van der Waals surface area contributed by atoms with Crippen molar-refractivity contribution in [2.75, 3.05) is 18.2 Å². The molecule has 2 heterocycles. The van der Waals surface area contributed by atoms with E-state index in [1.807, 2.05) is 0 Å². The molecular weight excluding hydrogens is 360 g/mol. The summed E-state index contributed by atoms with van der Waals surface area (Å²) in [6.07, 6.45) is 4.37. The lowest BCUT2D eigenvalue weighted by Gasteiger charge is -2.20. The molecule has 0 aromatic carbocycles. The predicted octanol–water partition coefficient (Wildman–Crippen LogP) is 1.03. The van der Waals surface area contributed by atoms with Gasteiger partial charge in [0.15, 0.2) is 9.84 Å². The molecule has 3 fully saturated rings. The second kappa shape index (κ2) is 6.22. The summed E-state index contributed by atoms with van der Waals surface area (Å²) in [6, 6.07) is 1.94. The van der Waals surface area contributed by atoms with E-state index in [1.165, 1.54) is 6.07 Å². The van der Waals surface area contributed by atoms with Gasteiger partial charge in [0.05, 0.1) is 12.4 Å². The SMILES string of the molecule is O=C(O)C1CS(=O)(=O)CN1C(=O)c1ccc(C2CC2)c(OCC2CC2)n1. The fourth-order valence-corrected chi connectivity index (χ4v) is 4.74. The number of hydrogen-bond acceptors (Lipinski definition) is 6. The molecule has 1 aromatic rings. The minimum atomic E-state index is -3.61. The van der Waals surface area contributed by atoms with Crippen molar-refractivity contribution in [3.63, 3.8) is 0 Å². The Labute approximate surface area is 151 Å². The molecule has 2 aliphatic carbocycles. The van der Waals surface area contributed by atoms with Crippen molar-refractivity contribution >= 4 is 21.7 Å². The first-order chi connectivity index (χ1) is 12.3. The van der Waals surface area contributed by atoms with Crippen LogP contribution in [0.15, 0.2) is 12.1 Å². The minimum Gasteiger partial charge on any atom is -0.480 e. The second-order valence-electron chi connectivity index (χ2n) is 7.29. The number of nitrogens with zero attached hydrogens (tertiary/aromatic N) is 2. The zero-order valence-electron chi connectivity index (χ0n) is 14.1. The second-order valence-corrected chi connectivity index (χ2v) is 9.37. The van der Waals surface area contributed by atoms with Gasteiger partial charge in [-0.2, -0.15) is 0 Å². The van der Waals surface area contributed by atoms with Crippen LogP contribution in [0.5, 0.6) is 5.88 Å². The maximum atomic E-state index is 12.7. The number of aromatic nitrogens is 1. The topological polar surface area (TPSA) is 114 Å². The van der Waals surface area contributed by atoms with Crippen LogP contribution in [0, 0.1) is 5.92 Å². The standard InChI is InChI=1S/C17H20N2O6S/c20-16(19-9-26(23,24)8-14(19)17(21)22)13-6-5-12(11-3-4-11)15(18-13)25-7-10-1-2-10/h5-6,10-11,14H,1-4,7-9H2,(H,21,22). The Morgan fingerprint density at radius 2 is 1.96 bits per heavy atom. The maximum absolute atomic E-state index is 12.7. The highest BCUT2D eigenvalue weighted by Gasteiger charge is 2.43. The molecule has 0 spiro atoms. The third-order valence-corrected chi connectivity index (χ3v) is 6.44. The Balaban J connectivity index is 1.60. The van der Waals surface area contributed by atoms with E-state index in [4.69, 9.17) is 4.74 Å². The summed E-state index contributed by atoms with van der Waals surface area (Å²) in [7, 11) is -3.61. The third-order valence-electron chi connectivity index (χ3n) is 4.95. The van der Waals surface area contributed by atoms with Crippen LogP contribution in [-0.4, -0.2) is 59.6 Å². The number of pyridine rings is 1. The van der Waals surface area contributed by atoms with Gasteiger partial charge in [-0.3, -0.25) is 4.79 Å². The zero-order chi connectivity index (χ0) is 18.5. The molecule has 26 heavy (non-hydrogen) atoms. The summed E-state index contributed by atoms with van der Waals surface area (Å²) < 4.78 is 29.4. The Morgan fingerprint density at radius 1 is 1.23 bits per heavy atom. The number of ether oxygens (including phenoxy) is 1. The van der Waals surface area contributed by atoms with Crippen molar-refractivity contribution in [3.8, 4) is 5.88 Å². The molecule has 3 aliphatic rings. The van der Waals surface area contributed by atoms with Crippen LogP contribution in [0.25, 0.3) is 0 Å². The van der Waals surface area contributed by atoms with Gasteiger partial charge < -0.3 is 14.7 Å². The van der Waals surface area contributed by atoms with Gasteiger partial charge >= 0.3 is 5.97 Å². The first kappa shape index (κ1) is 17.3. The number of carbonyl (C=O) groups excluding carboxylic acids is 1. The number of carboxylic acids is 1. The molecule has 8 nitrogen and oxygen atoms in total. The van der Waals surface area contributed by atoms with E-state index < -0.39 is 39.4 Å². The minimum absolute atomic E-state index is 0.0172. The molecule has 0 radical (unpaired) electrons. The number of rotatable bonds is 6. The van der Waals surface area contributed by atoms with E-state index in [1.54, 1.807) is 6.07 Å². The Bertz CT molecular complexity index is 860. The van der Waals surface area contributed by atoms with Gasteiger partial charge in [0.25, 0.3) is 5.91 Å². The first-order valence-corrected chi connectivity index (χ1v) is 10.5. The van der Waals surface area contributed by atoms with Crippen molar-refractivity contribution < 1.29 is 27.9 Å². The lowest BCUT2D eigenvalue weighted by atomic mass is 10.1. The average molecular weight is 380 g/mol. The molecule has 1 aromatic heterocycles. The van der Waals surface area contributed by atoms with Crippen molar-refractivity contribution in [3.05, 3.63) is 23.4 Å². The van der Waals surface area contributed by atoms with Crippen LogP contribution in [0.2, 0.25) is 0 Å². The average Bonchev–Trinajstić information content (AvgIpc) is 3.49. The van der Waals surface area contributed by atoms with Gasteiger partial charge in [-0.1, -0.05) is 6.07 Å². The third kappa shape index (κ3) is 3.53. The van der Waals surface area contributed by atoms with Crippen molar-refractivity contribution in [2.45, 2.75) is 37.6 Å². The van der Waals surface area contributed by atoms with Gasteiger partial charge in [-0.05, 0) is 43.6 Å². The number of carboxylic acid groups (broad SMARTS) is 1. The van der Waals surface area contributed by atoms with Crippen molar-refractivity contribution in [1.82, 2.24) is 9.88 Å². The number of hydrogen-bond donors (Lipinski definition) is 1. The summed E-state index contributed by atoms with van der Waals surface area (Å²) in [5, 5.41) is 9.24. The van der Waals surface area contributed by atoms with Crippen LogP contribution in [0.1, 0.15) is 47.7 Å². The van der Waals surface area contributed by atoms with Crippen LogP contribution in [-0.2, 0) is 14.6 Å². The van der Waals surface area contributed by atoms with Crippen molar-refractivity contribution in [2.24, 2.45) is 5.92 Å². The molecule has 1 aliphatic heterocycles. The van der Waals surface area contributed by atoms with E-state index in [9.17, 15) is 23.1 Å². The number of amides is 1. The van der Waals surface area contributed by atoms with Crippen LogP contribution in [0.3, 0.4) is 0 Å². The molecule has 9 heteroatoms. The largest absolute Gasteiger partial charge is 0.480 e. The number of sulfone groups is 1. The molecule has 1 N–H and O–H groups in total. The quantitative estimate of drug-likeness (QED) is 0.784. The van der Waals surface area contributed by atoms with E-state index in [2.05, 4.69) is 4.98 Å². The fraction of sp³-hybridized carbons (Fsp3) is 0.588. The Morgan fingerprint density at radius 3 is 2.58 bits per heavy atom. The molecular formula is C17H20N2O6S. The predicted molar refractivity (Wildman–Crippen MR) is 90.7 cm³/mol. The normalized spacial score (nSPS) is 24.5. The molecule has 4 rings (SSSR count). The van der Waals surface area contributed by atoms with E-state index in [-0.39, 0.29) is 5.69 Å². The van der Waals surface area contributed by atoms with E-state index >= 15 is 0 Å². The maximum Gasteiger partial charge on any atom is 0.327 e. The highest BCUT2D eigenvalue weighted by atomic mass is 32.2. The molecule has 140 valence electrons. The summed E-state index contributed by atoms with van der Waals surface area (Å²) in [6.45, 7) is 0.556. The molecule has 2 saturated carbocycles. The van der Waals surface area contributed by atoms with E-state index in [0.717, 1.165) is 36.1 Å². The lowest BCUT2D eigenvalue weighted by molar-refractivity contribution is -0.140. The molecule has 1 saturated heterocycles. The summed E-state index contributed by atoms with van der Waals surface area (Å²) in [4.78, 5) is 29.2. The Kier molecular flexibility index (Phi) is 4.13. The van der Waals surface area contributed by atoms with Gasteiger partial charge in [0, 0.05) is 5.56 Å². The van der Waals surface area contributed by atoms with Gasteiger partial charge in [0.1, 0.15) is 17.6 Å². The summed E-state index contributed by atoms with van der Waals surface area (Å²) in [5.41, 5.74) is 0.981. The van der Waals surface area contributed by atoms with Crippen LogP contribution < -0.4 is 4.74 Å². The summed E-state index contributed by atoms with van der Waals surface area (Å²) >= 11 is 0. The van der Waals surface area contributed by atoms with E-state index in [0.29, 0.717) is 24.3 Å². The highest BCUT2D eigenvalue weighted by molar-refractivity contribution is 7.91. The first-order valence-electron chi connectivity index (χ1n) is 8.72. The highest BCUT2D eigenvalue weighted by Crippen LogP contribution is 2.44. The summed E-state index contributed by atoms with van der Waals surface area (Å²) in [5.74, 6) is -1.87. The number of aliphatic carboxylic acids is 1. The zero-order valence-corrected chi connectivity index (χ0v) is 14.9.